The second-order valence-corrected chi connectivity index (χ2v) is 4.95. The van der Waals surface area contributed by atoms with Crippen molar-refractivity contribution in [2.45, 2.75) is 0 Å². The third-order valence-corrected chi connectivity index (χ3v) is 3.91. The van der Waals surface area contributed by atoms with Crippen molar-refractivity contribution in [2.24, 2.45) is 0 Å². The van der Waals surface area contributed by atoms with Crippen LogP contribution < -0.4 is 4.74 Å². The molecule has 3 aromatic carbocycles. The van der Waals surface area contributed by atoms with E-state index in [9.17, 15) is 4.79 Å². The van der Waals surface area contributed by atoms with Crippen LogP contribution in [0.2, 0.25) is 0 Å². The maximum atomic E-state index is 12.5. The van der Waals surface area contributed by atoms with Gasteiger partial charge in [-0.05, 0) is 34.5 Å². The number of hydrogen-bond donors (Lipinski definition) is 0. The van der Waals surface area contributed by atoms with E-state index in [1.54, 1.807) is 7.11 Å². The van der Waals surface area contributed by atoms with E-state index in [-0.39, 0.29) is 5.78 Å². The highest BCUT2D eigenvalue weighted by Gasteiger charge is 2.27. The first-order chi connectivity index (χ1) is 9.79. The molecule has 4 rings (SSSR count). The molecule has 0 amide bonds. The molecule has 96 valence electrons. The molecule has 0 saturated carbocycles. The van der Waals surface area contributed by atoms with Gasteiger partial charge in [0.1, 0.15) is 5.75 Å². The number of carbonyl (C=O) groups excluding carboxylic acids is 1. The average Bonchev–Trinajstić information content (AvgIpc) is 2.81. The molecule has 2 heteroatoms. The Morgan fingerprint density at radius 1 is 0.850 bits per heavy atom. The highest BCUT2D eigenvalue weighted by Crippen LogP contribution is 2.41. The second kappa shape index (κ2) is 3.94. The predicted octanol–water partition coefficient (Wildman–Crippen LogP) is 4.06. The van der Waals surface area contributed by atoms with Crippen LogP contribution in [0.5, 0.6) is 5.75 Å². The quantitative estimate of drug-likeness (QED) is 0.516. The largest absolute Gasteiger partial charge is 0.497 e. The lowest BCUT2D eigenvalue weighted by Crippen LogP contribution is -1.94. The van der Waals surface area contributed by atoms with Gasteiger partial charge in [-0.1, -0.05) is 36.4 Å². The Labute approximate surface area is 116 Å². The average molecular weight is 260 g/mol. The lowest BCUT2D eigenvalue weighted by atomic mass is 9.98. The number of methoxy groups -OCH3 is 1. The molecule has 2 nitrogen and oxygen atoms in total. The fourth-order valence-electron chi connectivity index (χ4n) is 2.95. The van der Waals surface area contributed by atoms with E-state index in [4.69, 9.17) is 4.74 Å². The number of rotatable bonds is 1. The molecule has 0 atom stereocenters. The summed E-state index contributed by atoms with van der Waals surface area (Å²) in [6.45, 7) is 0. The zero-order valence-corrected chi connectivity index (χ0v) is 11.0. The van der Waals surface area contributed by atoms with Gasteiger partial charge in [0.15, 0.2) is 5.78 Å². The lowest BCUT2D eigenvalue weighted by Gasteiger charge is -2.08. The zero-order chi connectivity index (χ0) is 13.7. The summed E-state index contributed by atoms with van der Waals surface area (Å²) in [6, 6.07) is 17.7. The Kier molecular flexibility index (Phi) is 2.21. The van der Waals surface area contributed by atoms with Crippen LogP contribution >= 0.6 is 0 Å². The lowest BCUT2D eigenvalue weighted by molar-refractivity contribution is 0.104. The Morgan fingerprint density at radius 3 is 2.40 bits per heavy atom. The number of carbonyl (C=O) groups is 1. The van der Waals surface area contributed by atoms with Crippen LogP contribution in [0.3, 0.4) is 0 Å². The molecule has 0 bridgehead atoms. The Morgan fingerprint density at radius 2 is 1.60 bits per heavy atom. The summed E-state index contributed by atoms with van der Waals surface area (Å²) in [4.78, 5) is 12.5. The molecule has 0 spiro atoms. The molecule has 3 aromatic rings. The summed E-state index contributed by atoms with van der Waals surface area (Å²) in [5.41, 5.74) is 3.62. The van der Waals surface area contributed by atoms with Crippen molar-refractivity contribution in [2.75, 3.05) is 7.11 Å². The van der Waals surface area contributed by atoms with Crippen LogP contribution in [0.15, 0.2) is 54.6 Å². The summed E-state index contributed by atoms with van der Waals surface area (Å²) < 4.78 is 5.31. The zero-order valence-electron chi connectivity index (χ0n) is 11.0. The van der Waals surface area contributed by atoms with Crippen molar-refractivity contribution in [3.63, 3.8) is 0 Å². The fourth-order valence-corrected chi connectivity index (χ4v) is 2.95. The van der Waals surface area contributed by atoms with E-state index in [0.717, 1.165) is 38.8 Å². The van der Waals surface area contributed by atoms with Crippen molar-refractivity contribution >= 4 is 16.6 Å². The first-order valence-corrected chi connectivity index (χ1v) is 6.54. The number of ether oxygens (including phenoxy) is 1. The number of hydrogen-bond acceptors (Lipinski definition) is 2. The Bertz CT molecular complexity index is 862. The maximum absolute atomic E-state index is 12.5. The standard InChI is InChI=1S/C18H12O2/c1-20-12-8-6-11-7-9-15-17(16(11)10-12)13-4-2-3-5-14(13)18(15)19/h2-10H,1H3. The summed E-state index contributed by atoms with van der Waals surface area (Å²) in [7, 11) is 1.66. The van der Waals surface area contributed by atoms with Crippen LogP contribution in [0.4, 0.5) is 0 Å². The molecule has 20 heavy (non-hydrogen) atoms. The van der Waals surface area contributed by atoms with E-state index in [1.165, 1.54) is 0 Å². The van der Waals surface area contributed by atoms with Gasteiger partial charge in [-0.3, -0.25) is 4.79 Å². The van der Waals surface area contributed by atoms with E-state index in [2.05, 4.69) is 0 Å². The molecule has 1 aliphatic rings. The van der Waals surface area contributed by atoms with Crippen LogP contribution in [0.1, 0.15) is 15.9 Å². The van der Waals surface area contributed by atoms with E-state index in [1.807, 2.05) is 54.6 Å². The summed E-state index contributed by atoms with van der Waals surface area (Å²) in [6.07, 6.45) is 0. The molecular weight excluding hydrogens is 248 g/mol. The highest BCUT2D eigenvalue weighted by molar-refractivity contribution is 6.26. The van der Waals surface area contributed by atoms with Gasteiger partial charge >= 0.3 is 0 Å². The van der Waals surface area contributed by atoms with Gasteiger partial charge in [0.25, 0.3) is 0 Å². The Balaban J connectivity index is 2.16. The molecule has 0 radical (unpaired) electrons. The summed E-state index contributed by atoms with van der Waals surface area (Å²) in [5.74, 6) is 0.919. The SMILES string of the molecule is COc1ccc2ccc3c(c2c1)-c1ccccc1C3=O. The molecule has 0 saturated heterocycles. The molecule has 0 aromatic heterocycles. The van der Waals surface area contributed by atoms with Gasteiger partial charge < -0.3 is 4.74 Å². The minimum absolute atomic E-state index is 0.111. The number of benzene rings is 3. The second-order valence-electron chi connectivity index (χ2n) is 4.95. The third kappa shape index (κ3) is 1.36. The molecule has 0 N–H and O–H groups in total. The van der Waals surface area contributed by atoms with Crippen molar-refractivity contribution in [3.05, 3.63) is 65.7 Å². The third-order valence-electron chi connectivity index (χ3n) is 3.91. The van der Waals surface area contributed by atoms with Crippen LogP contribution in [-0.4, -0.2) is 12.9 Å². The van der Waals surface area contributed by atoms with Crippen LogP contribution in [0.25, 0.3) is 21.9 Å². The molecule has 0 unspecified atom stereocenters. The smallest absolute Gasteiger partial charge is 0.194 e. The van der Waals surface area contributed by atoms with Crippen molar-refractivity contribution in [1.82, 2.24) is 0 Å². The van der Waals surface area contributed by atoms with Crippen molar-refractivity contribution in [3.8, 4) is 16.9 Å². The van der Waals surface area contributed by atoms with E-state index >= 15 is 0 Å². The summed E-state index contributed by atoms with van der Waals surface area (Å²) in [5, 5.41) is 2.19. The Hall–Kier alpha value is -2.61. The molecular formula is C18H12O2. The minimum atomic E-state index is 0.111. The molecule has 0 aliphatic heterocycles. The highest BCUT2D eigenvalue weighted by atomic mass is 16.5. The molecule has 0 fully saturated rings. The number of ketones is 1. The van der Waals surface area contributed by atoms with Gasteiger partial charge in [-0.25, -0.2) is 0 Å². The minimum Gasteiger partial charge on any atom is -0.497 e. The summed E-state index contributed by atoms with van der Waals surface area (Å²) >= 11 is 0. The van der Waals surface area contributed by atoms with Crippen LogP contribution in [-0.2, 0) is 0 Å². The van der Waals surface area contributed by atoms with Crippen molar-refractivity contribution < 1.29 is 9.53 Å². The molecule has 1 aliphatic carbocycles. The van der Waals surface area contributed by atoms with Gasteiger partial charge in [0, 0.05) is 16.7 Å². The topological polar surface area (TPSA) is 26.3 Å². The number of fused-ring (bicyclic) bond motifs is 5. The van der Waals surface area contributed by atoms with E-state index in [0.29, 0.717) is 0 Å². The first kappa shape index (κ1) is 11.2. The van der Waals surface area contributed by atoms with Gasteiger partial charge in [0.2, 0.25) is 0 Å². The normalized spacial score (nSPS) is 12.3. The predicted molar refractivity (Wildman–Crippen MR) is 79.4 cm³/mol. The van der Waals surface area contributed by atoms with E-state index < -0.39 is 0 Å². The molecule has 0 heterocycles. The van der Waals surface area contributed by atoms with Crippen molar-refractivity contribution in [1.29, 1.82) is 0 Å². The maximum Gasteiger partial charge on any atom is 0.194 e. The fraction of sp³-hybridized carbons (Fsp3) is 0.0556. The van der Waals surface area contributed by atoms with Gasteiger partial charge in [0.05, 0.1) is 7.11 Å². The first-order valence-electron chi connectivity index (χ1n) is 6.54. The van der Waals surface area contributed by atoms with Gasteiger partial charge in [-0.15, -0.1) is 0 Å². The van der Waals surface area contributed by atoms with Crippen LogP contribution in [0, 0.1) is 0 Å². The monoisotopic (exact) mass is 260 g/mol. The van der Waals surface area contributed by atoms with Gasteiger partial charge in [-0.2, -0.15) is 0 Å².